The van der Waals surface area contributed by atoms with Crippen LogP contribution in [0, 0.1) is 0 Å². The molecular formula is C25H16O2. The Kier molecular flexibility index (Phi) is 3.61. The maximum absolute atomic E-state index is 12.6. The Morgan fingerprint density at radius 2 is 1.26 bits per heavy atom. The van der Waals surface area contributed by atoms with Gasteiger partial charge in [0, 0.05) is 27.5 Å². The molecule has 0 unspecified atom stereocenters. The summed E-state index contributed by atoms with van der Waals surface area (Å²) < 4.78 is 6.12. The summed E-state index contributed by atoms with van der Waals surface area (Å²) in [5, 5.41) is 2.22. The molecule has 2 nitrogen and oxygen atoms in total. The maximum atomic E-state index is 12.6. The molecule has 0 saturated carbocycles. The van der Waals surface area contributed by atoms with Crippen molar-refractivity contribution in [3.05, 3.63) is 108 Å². The molecule has 0 aliphatic carbocycles. The average molecular weight is 348 g/mol. The summed E-state index contributed by atoms with van der Waals surface area (Å²) in [5.41, 5.74) is 5.20. The minimum absolute atomic E-state index is 0.0316. The van der Waals surface area contributed by atoms with Gasteiger partial charge in [0.05, 0.1) is 0 Å². The summed E-state index contributed by atoms with van der Waals surface area (Å²) in [6.07, 6.45) is 0. The van der Waals surface area contributed by atoms with Crippen LogP contribution < -0.4 is 0 Å². The second-order valence-corrected chi connectivity index (χ2v) is 6.55. The topological polar surface area (TPSA) is 30.2 Å². The van der Waals surface area contributed by atoms with Crippen molar-refractivity contribution in [3.63, 3.8) is 0 Å². The van der Waals surface area contributed by atoms with Crippen molar-refractivity contribution in [2.24, 2.45) is 0 Å². The first-order valence-electron chi connectivity index (χ1n) is 8.92. The number of rotatable bonds is 3. The van der Waals surface area contributed by atoms with E-state index in [1.807, 2.05) is 78.9 Å². The molecule has 5 aromatic rings. The molecule has 4 aromatic carbocycles. The summed E-state index contributed by atoms with van der Waals surface area (Å²) in [6, 6.07) is 31.3. The van der Waals surface area contributed by atoms with E-state index in [4.69, 9.17) is 4.42 Å². The van der Waals surface area contributed by atoms with E-state index < -0.39 is 0 Å². The van der Waals surface area contributed by atoms with E-state index in [9.17, 15) is 4.79 Å². The first-order valence-corrected chi connectivity index (χ1v) is 8.92. The standard InChI is InChI=1S/C25H16O2/c26-24(18-7-2-1-3-8-18)19-15-13-17(14-16-19)20-10-6-11-22-21-9-4-5-12-23(21)27-25(20)22/h1-16H. The lowest BCUT2D eigenvalue weighted by Crippen LogP contribution is -2.00. The van der Waals surface area contributed by atoms with E-state index in [2.05, 4.69) is 18.2 Å². The molecule has 128 valence electrons. The number of hydrogen-bond donors (Lipinski definition) is 0. The summed E-state index contributed by atoms with van der Waals surface area (Å²) >= 11 is 0. The fourth-order valence-corrected chi connectivity index (χ4v) is 3.53. The number of para-hydroxylation sites is 2. The first kappa shape index (κ1) is 15.6. The first-order chi connectivity index (χ1) is 13.3. The number of carbonyl (C=O) groups excluding carboxylic acids is 1. The summed E-state index contributed by atoms with van der Waals surface area (Å²) in [7, 11) is 0. The highest BCUT2D eigenvalue weighted by Gasteiger charge is 2.13. The highest BCUT2D eigenvalue weighted by atomic mass is 16.3. The van der Waals surface area contributed by atoms with Gasteiger partial charge in [-0.25, -0.2) is 0 Å². The Labute approximate surface area is 156 Å². The molecule has 0 bridgehead atoms. The van der Waals surface area contributed by atoms with Crippen LogP contribution in [0.25, 0.3) is 33.1 Å². The molecule has 0 atom stereocenters. The minimum Gasteiger partial charge on any atom is -0.455 e. The van der Waals surface area contributed by atoms with Gasteiger partial charge in [-0.15, -0.1) is 0 Å². The Balaban J connectivity index is 1.58. The molecular weight excluding hydrogens is 332 g/mol. The molecule has 0 fully saturated rings. The molecule has 0 spiro atoms. The fourth-order valence-electron chi connectivity index (χ4n) is 3.53. The SMILES string of the molecule is O=C(c1ccccc1)c1ccc(-c2cccc3c2oc2ccccc23)cc1. The van der Waals surface area contributed by atoms with Crippen LogP contribution in [-0.2, 0) is 0 Å². The van der Waals surface area contributed by atoms with Crippen LogP contribution in [0.1, 0.15) is 15.9 Å². The molecule has 0 aliphatic rings. The molecule has 0 aliphatic heterocycles. The van der Waals surface area contributed by atoms with Crippen molar-refractivity contribution in [2.45, 2.75) is 0 Å². The van der Waals surface area contributed by atoms with E-state index in [1.165, 1.54) is 0 Å². The largest absolute Gasteiger partial charge is 0.455 e. The Hall–Kier alpha value is -3.65. The Morgan fingerprint density at radius 1 is 0.593 bits per heavy atom. The van der Waals surface area contributed by atoms with Gasteiger partial charge in [-0.3, -0.25) is 4.79 Å². The molecule has 0 N–H and O–H groups in total. The van der Waals surface area contributed by atoms with Gasteiger partial charge >= 0.3 is 0 Å². The van der Waals surface area contributed by atoms with Crippen molar-refractivity contribution in [3.8, 4) is 11.1 Å². The highest BCUT2D eigenvalue weighted by molar-refractivity contribution is 6.11. The van der Waals surface area contributed by atoms with Gasteiger partial charge in [0.2, 0.25) is 0 Å². The maximum Gasteiger partial charge on any atom is 0.193 e. The average Bonchev–Trinajstić information content (AvgIpc) is 3.13. The van der Waals surface area contributed by atoms with E-state index in [1.54, 1.807) is 0 Å². The molecule has 0 radical (unpaired) electrons. The van der Waals surface area contributed by atoms with Crippen LogP contribution in [0.2, 0.25) is 0 Å². The van der Waals surface area contributed by atoms with Gasteiger partial charge in [-0.2, -0.15) is 0 Å². The zero-order valence-electron chi connectivity index (χ0n) is 14.6. The van der Waals surface area contributed by atoms with Crippen LogP contribution >= 0.6 is 0 Å². The second kappa shape index (κ2) is 6.26. The number of hydrogen-bond acceptors (Lipinski definition) is 2. The van der Waals surface area contributed by atoms with Crippen LogP contribution in [0.5, 0.6) is 0 Å². The second-order valence-electron chi connectivity index (χ2n) is 6.55. The predicted molar refractivity (Wildman–Crippen MR) is 109 cm³/mol. The van der Waals surface area contributed by atoms with Gasteiger partial charge in [0.25, 0.3) is 0 Å². The zero-order chi connectivity index (χ0) is 18.2. The number of ketones is 1. The van der Waals surface area contributed by atoms with Crippen molar-refractivity contribution >= 4 is 27.7 Å². The third-order valence-corrected chi connectivity index (χ3v) is 4.90. The smallest absolute Gasteiger partial charge is 0.193 e. The van der Waals surface area contributed by atoms with E-state index in [0.717, 1.165) is 33.1 Å². The predicted octanol–water partition coefficient (Wildman–Crippen LogP) is 6.48. The minimum atomic E-state index is 0.0316. The molecule has 1 aromatic heterocycles. The summed E-state index contributed by atoms with van der Waals surface area (Å²) in [4.78, 5) is 12.6. The third kappa shape index (κ3) is 2.63. The lowest BCUT2D eigenvalue weighted by molar-refractivity contribution is 0.103. The van der Waals surface area contributed by atoms with Crippen LogP contribution in [0.15, 0.2) is 101 Å². The zero-order valence-corrected chi connectivity index (χ0v) is 14.6. The lowest BCUT2D eigenvalue weighted by atomic mass is 9.98. The Bertz CT molecular complexity index is 1260. The van der Waals surface area contributed by atoms with E-state index in [-0.39, 0.29) is 5.78 Å². The van der Waals surface area contributed by atoms with Gasteiger partial charge in [0.1, 0.15) is 11.2 Å². The summed E-state index contributed by atoms with van der Waals surface area (Å²) in [6.45, 7) is 0. The highest BCUT2D eigenvalue weighted by Crippen LogP contribution is 2.35. The van der Waals surface area contributed by atoms with Crippen molar-refractivity contribution < 1.29 is 9.21 Å². The molecule has 5 rings (SSSR count). The number of carbonyl (C=O) groups is 1. The van der Waals surface area contributed by atoms with Gasteiger partial charge in [-0.05, 0) is 11.6 Å². The van der Waals surface area contributed by atoms with Crippen LogP contribution in [0.4, 0.5) is 0 Å². The summed E-state index contributed by atoms with van der Waals surface area (Å²) in [5.74, 6) is 0.0316. The van der Waals surface area contributed by atoms with Crippen molar-refractivity contribution in [2.75, 3.05) is 0 Å². The Morgan fingerprint density at radius 3 is 2.07 bits per heavy atom. The number of furan rings is 1. The van der Waals surface area contributed by atoms with Crippen molar-refractivity contribution in [1.82, 2.24) is 0 Å². The lowest BCUT2D eigenvalue weighted by Gasteiger charge is -2.05. The van der Waals surface area contributed by atoms with Crippen LogP contribution in [0.3, 0.4) is 0 Å². The molecule has 0 saturated heterocycles. The molecule has 1 heterocycles. The van der Waals surface area contributed by atoms with Crippen LogP contribution in [-0.4, -0.2) is 5.78 Å². The van der Waals surface area contributed by atoms with Gasteiger partial charge in [-0.1, -0.05) is 91.0 Å². The van der Waals surface area contributed by atoms with Gasteiger partial charge in [0.15, 0.2) is 5.78 Å². The molecule has 0 amide bonds. The normalized spacial score (nSPS) is 11.1. The number of fused-ring (bicyclic) bond motifs is 3. The van der Waals surface area contributed by atoms with Gasteiger partial charge < -0.3 is 4.42 Å². The quantitative estimate of drug-likeness (QED) is 0.349. The van der Waals surface area contributed by atoms with Crippen molar-refractivity contribution in [1.29, 1.82) is 0 Å². The molecule has 27 heavy (non-hydrogen) atoms. The molecule has 2 heteroatoms. The number of benzene rings is 4. The third-order valence-electron chi connectivity index (χ3n) is 4.90. The van der Waals surface area contributed by atoms with E-state index in [0.29, 0.717) is 11.1 Å². The van der Waals surface area contributed by atoms with E-state index >= 15 is 0 Å². The monoisotopic (exact) mass is 348 g/mol. The fraction of sp³-hybridized carbons (Fsp3) is 0.